The van der Waals surface area contributed by atoms with E-state index in [9.17, 15) is 5.11 Å². The number of phenols is 1. The van der Waals surface area contributed by atoms with Crippen LogP contribution in [-0.4, -0.2) is 24.1 Å². The number of rotatable bonds is 14. The number of para-hydroxylation sites is 1. The molecule has 0 aliphatic heterocycles. The molecule has 156 valence electrons. The maximum atomic E-state index is 9.67. The molecule has 4 nitrogen and oxygen atoms in total. The summed E-state index contributed by atoms with van der Waals surface area (Å²) in [5, 5.41) is 17.7. The van der Waals surface area contributed by atoms with Crippen molar-refractivity contribution in [3.8, 4) is 11.5 Å². The molecule has 0 radical (unpaired) electrons. The third kappa shape index (κ3) is 9.93. The van der Waals surface area contributed by atoms with Crippen LogP contribution in [0.5, 0.6) is 11.5 Å². The van der Waals surface area contributed by atoms with E-state index in [0.29, 0.717) is 5.56 Å². The smallest absolute Gasteiger partial charge is 0.124 e. The average Bonchev–Trinajstić information content (AvgIpc) is 2.75. The fourth-order valence-corrected chi connectivity index (χ4v) is 3.05. The van der Waals surface area contributed by atoms with Crippen LogP contribution in [0.2, 0.25) is 0 Å². The van der Waals surface area contributed by atoms with Crippen LogP contribution in [0.25, 0.3) is 0 Å². The summed E-state index contributed by atoms with van der Waals surface area (Å²) >= 11 is 0. The van der Waals surface area contributed by atoms with E-state index in [0.717, 1.165) is 24.3 Å². The minimum absolute atomic E-state index is 0.194. The van der Waals surface area contributed by atoms with E-state index in [2.05, 4.69) is 17.1 Å². The molecule has 4 heteroatoms. The summed E-state index contributed by atoms with van der Waals surface area (Å²) in [5.74, 6) is 1.08. The molecule has 0 amide bonds. The van der Waals surface area contributed by atoms with E-state index in [4.69, 9.17) is 4.74 Å². The van der Waals surface area contributed by atoms with Crippen LogP contribution in [0.1, 0.15) is 75.8 Å². The lowest BCUT2D eigenvalue weighted by molar-refractivity contribution is 0.304. The van der Waals surface area contributed by atoms with Gasteiger partial charge in [-0.25, -0.2) is 0 Å². The molecule has 0 heterocycles. The van der Waals surface area contributed by atoms with E-state index in [1.165, 1.54) is 57.6 Å². The number of ether oxygens (including phenoxy) is 1. The average molecular weight is 395 g/mol. The van der Waals surface area contributed by atoms with Gasteiger partial charge >= 0.3 is 0 Å². The molecular weight excluding hydrogens is 360 g/mol. The highest BCUT2D eigenvalue weighted by molar-refractivity contribution is 5.84. The number of hydrogen-bond donors (Lipinski definition) is 1. The van der Waals surface area contributed by atoms with E-state index in [-0.39, 0.29) is 5.75 Å². The quantitative estimate of drug-likeness (QED) is 0.219. The van der Waals surface area contributed by atoms with Gasteiger partial charge in [0, 0.05) is 5.56 Å². The van der Waals surface area contributed by atoms with Gasteiger partial charge in [-0.1, -0.05) is 70.4 Å². The zero-order valence-corrected chi connectivity index (χ0v) is 17.6. The predicted molar refractivity (Wildman–Crippen MR) is 122 cm³/mol. The molecule has 0 aliphatic carbocycles. The first-order chi connectivity index (χ1) is 14.3. The van der Waals surface area contributed by atoms with Crippen molar-refractivity contribution in [2.75, 3.05) is 6.61 Å². The first-order valence-corrected chi connectivity index (χ1v) is 10.9. The number of benzene rings is 2. The lowest BCUT2D eigenvalue weighted by Crippen LogP contribution is -1.97. The fourth-order valence-electron chi connectivity index (χ4n) is 3.05. The van der Waals surface area contributed by atoms with Gasteiger partial charge in [0.1, 0.15) is 11.5 Å². The van der Waals surface area contributed by atoms with Crippen molar-refractivity contribution in [1.82, 2.24) is 0 Å². The number of unbranched alkanes of at least 4 members (excludes halogenated alkanes) is 8. The Labute approximate surface area is 175 Å². The second-order valence-corrected chi connectivity index (χ2v) is 7.29. The van der Waals surface area contributed by atoms with Crippen molar-refractivity contribution < 1.29 is 9.84 Å². The molecule has 0 fully saturated rings. The molecule has 2 rings (SSSR count). The third-order valence-electron chi connectivity index (χ3n) is 4.80. The molecule has 1 N–H and O–H groups in total. The first kappa shape index (κ1) is 22.7. The molecule has 0 unspecified atom stereocenters. The SMILES string of the molecule is CCCCCCCCCCCOc1ccc(/C=N/N=C/c2ccccc2O)cc1. The van der Waals surface area contributed by atoms with Gasteiger partial charge in [0.2, 0.25) is 0 Å². The lowest BCUT2D eigenvalue weighted by atomic mass is 10.1. The van der Waals surface area contributed by atoms with E-state index >= 15 is 0 Å². The first-order valence-electron chi connectivity index (χ1n) is 10.9. The Bertz CT molecular complexity index is 739. The van der Waals surface area contributed by atoms with Crippen molar-refractivity contribution in [2.24, 2.45) is 10.2 Å². The third-order valence-corrected chi connectivity index (χ3v) is 4.80. The van der Waals surface area contributed by atoms with Crippen molar-refractivity contribution in [1.29, 1.82) is 0 Å². The minimum Gasteiger partial charge on any atom is -0.507 e. The van der Waals surface area contributed by atoms with E-state index < -0.39 is 0 Å². The zero-order chi connectivity index (χ0) is 20.6. The molecule has 0 aliphatic rings. The molecule has 0 saturated heterocycles. The van der Waals surface area contributed by atoms with Gasteiger partial charge in [-0.3, -0.25) is 0 Å². The molecule has 2 aromatic rings. The molecule has 29 heavy (non-hydrogen) atoms. The molecule has 0 bridgehead atoms. The topological polar surface area (TPSA) is 54.2 Å². The highest BCUT2D eigenvalue weighted by Crippen LogP contribution is 2.14. The molecule has 0 saturated carbocycles. The van der Waals surface area contributed by atoms with Crippen molar-refractivity contribution in [3.05, 3.63) is 59.7 Å². The molecular formula is C25H34N2O2. The lowest BCUT2D eigenvalue weighted by Gasteiger charge is -2.06. The van der Waals surface area contributed by atoms with Crippen LogP contribution < -0.4 is 4.74 Å². The molecule has 0 atom stereocenters. The summed E-state index contributed by atoms with van der Waals surface area (Å²) in [6.45, 7) is 3.03. The van der Waals surface area contributed by atoms with Crippen LogP contribution in [0.15, 0.2) is 58.7 Å². The van der Waals surface area contributed by atoms with E-state index in [1.807, 2.05) is 30.3 Å². The Morgan fingerprint density at radius 3 is 2.07 bits per heavy atom. The Kier molecular flexibility index (Phi) is 11.2. The van der Waals surface area contributed by atoms with Crippen molar-refractivity contribution >= 4 is 12.4 Å². The summed E-state index contributed by atoms with van der Waals surface area (Å²) < 4.78 is 5.82. The zero-order valence-electron chi connectivity index (χ0n) is 17.6. The predicted octanol–water partition coefficient (Wildman–Crippen LogP) is 6.75. The van der Waals surface area contributed by atoms with Crippen LogP contribution >= 0.6 is 0 Å². The number of hydrogen-bond acceptors (Lipinski definition) is 4. The second-order valence-electron chi connectivity index (χ2n) is 7.29. The highest BCUT2D eigenvalue weighted by Gasteiger charge is 1.96. The van der Waals surface area contributed by atoms with Crippen molar-refractivity contribution in [3.63, 3.8) is 0 Å². The second kappa shape index (κ2) is 14.4. The van der Waals surface area contributed by atoms with Gasteiger partial charge in [0.25, 0.3) is 0 Å². The Balaban J connectivity index is 1.59. The standard InChI is InChI=1S/C25H34N2O2/c1-2-3-4-5-6-7-8-9-12-19-29-24-17-15-22(16-18-24)20-26-27-21-23-13-10-11-14-25(23)28/h10-11,13-18,20-21,28H,2-9,12,19H2,1H3/b26-20+,27-21+. The highest BCUT2D eigenvalue weighted by atomic mass is 16.5. The summed E-state index contributed by atoms with van der Waals surface area (Å²) in [7, 11) is 0. The molecule has 2 aromatic carbocycles. The monoisotopic (exact) mass is 394 g/mol. The summed E-state index contributed by atoms with van der Waals surface area (Å²) in [4.78, 5) is 0. The Hall–Kier alpha value is -2.62. The van der Waals surface area contributed by atoms with Gasteiger partial charge in [-0.15, -0.1) is 0 Å². The minimum atomic E-state index is 0.194. The van der Waals surface area contributed by atoms with Crippen LogP contribution in [0.3, 0.4) is 0 Å². The maximum Gasteiger partial charge on any atom is 0.124 e. The van der Waals surface area contributed by atoms with Crippen LogP contribution in [0.4, 0.5) is 0 Å². The maximum absolute atomic E-state index is 9.67. The number of phenolic OH excluding ortho intramolecular Hbond substituents is 1. The van der Waals surface area contributed by atoms with Crippen LogP contribution in [0, 0.1) is 0 Å². The molecule has 0 spiro atoms. The summed E-state index contributed by atoms with van der Waals surface area (Å²) in [6, 6.07) is 14.9. The number of aromatic hydroxyl groups is 1. The Morgan fingerprint density at radius 1 is 0.759 bits per heavy atom. The largest absolute Gasteiger partial charge is 0.507 e. The normalized spacial score (nSPS) is 11.5. The molecule has 0 aromatic heterocycles. The fraction of sp³-hybridized carbons (Fsp3) is 0.440. The summed E-state index contributed by atoms with van der Waals surface area (Å²) in [5.41, 5.74) is 1.60. The van der Waals surface area contributed by atoms with Gasteiger partial charge < -0.3 is 9.84 Å². The van der Waals surface area contributed by atoms with Gasteiger partial charge in [-0.2, -0.15) is 10.2 Å². The summed E-state index contributed by atoms with van der Waals surface area (Å²) in [6.07, 6.45) is 15.1. The van der Waals surface area contributed by atoms with Crippen LogP contribution in [-0.2, 0) is 0 Å². The Morgan fingerprint density at radius 2 is 1.38 bits per heavy atom. The van der Waals surface area contributed by atoms with Crippen molar-refractivity contribution in [2.45, 2.75) is 64.7 Å². The van der Waals surface area contributed by atoms with Gasteiger partial charge in [-0.05, 0) is 48.4 Å². The van der Waals surface area contributed by atoms with Gasteiger partial charge in [0.15, 0.2) is 0 Å². The number of nitrogens with zero attached hydrogens (tertiary/aromatic N) is 2. The van der Waals surface area contributed by atoms with E-state index in [1.54, 1.807) is 24.4 Å². The van der Waals surface area contributed by atoms with Gasteiger partial charge in [0.05, 0.1) is 19.0 Å².